The molecule has 3 nitrogen and oxygen atoms in total. The molecule has 4 heteroatoms. The fourth-order valence-corrected chi connectivity index (χ4v) is 2.59. The van der Waals surface area contributed by atoms with Crippen molar-refractivity contribution in [2.24, 2.45) is 5.73 Å². The van der Waals surface area contributed by atoms with Gasteiger partial charge in [0.25, 0.3) is 0 Å². The predicted molar refractivity (Wildman–Crippen MR) is 81.4 cm³/mol. The van der Waals surface area contributed by atoms with Gasteiger partial charge < -0.3 is 15.5 Å². The largest absolute Gasteiger partial charge is 0.389 e. The second-order valence-corrected chi connectivity index (χ2v) is 5.25. The van der Waals surface area contributed by atoms with Crippen LogP contribution < -0.4 is 10.6 Å². The number of nitrogens with zero attached hydrogens (tertiary/aromatic N) is 2. The van der Waals surface area contributed by atoms with Crippen LogP contribution in [0.4, 0.5) is 5.69 Å². The van der Waals surface area contributed by atoms with Crippen LogP contribution in [-0.2, 0) is 0 Å². The van der Waals surface area contributed by atoms with Crippen LogP contribution in [0, 0.1) is 6.92 Å². The number of anilines is 1. The first-order chi connectivity index (χ1) is 8.61. The number of likely N-dealkylation sites (N-methyl/N-ethyl adjacent to an activating group) is 1. The maximum absolute atomic E-state index is 5.84. The molecule has 0 amide bonds. The molecule has 1 heterocycles. The predicted octanol–water partition coefficient (Wildman–Crippen LogP) is 1.77. The highest BCUT2D eigenvalue weighted by Crippen LogP contribution is 2.23. The van der Waals surface area contributed by atoms with Crippen molar-refractivity contribution in [3.8, 4) is 0 Å². The molecule has 0 saturated carbocycles. The van der Waals surface area contributed by atoms with Crippen molar-refractivity contribution in [3.63, 3.8) is 0 Å². The van der Waals surface area contributed by atoms with E-state index < -0.39 is 0 Å². The van der Waals surface area contributed by atoms with Crippen LogP contribution in [0.25, 0.3) is 0 Å². The van der Waals surface area contributed by atoms with Gasteiger partial charge in [0.2, 0.25) is 0 Å². The smallest absolute Gasteiger partial charge is 0.106 e. The van der Waals surface area contributed by atoms with E-state index in [1.54, 1.807) is 0 Å². The first-order valence-electron chi connectivity index (χ1n) is 6.49. The molecule has 1 aromatic carbocycles. The maximum atomic E-state index is 5.84. The molecule has 2 N–H and O–H groups in total. The quantitative estimate of drug-likeness (QED) is 0.843. The summed E-state index contributed by atoms with van der Waals surface area (Å²) in [4.78, 5) is 5.34. The molecular weight excluding hydrogens is 242 g/mol. The van der Waals surface area contributed by atoms with Gasteiger partial charge in [0.1, 0.15) is 4.99 Å². The Balaban J connectivity index is 2.21. The number of aryl methyl sites for hydroxylation is 1. The molecule has 0 atom stereocenters. The Morgan fingerprint density at radius 3 is 2.50 bits per heavy atom. The topological polar surface area (TPSA) is 32.5 Å². The summed E-state index contributed by atoms with van der Waals surface area (Å²) in [6, 6.07) is 6.36. The summed E-state index contributed by atoms with van der Waals surface area (Å²) in [6.45, 7) is 9.73. The summed E-state index contributed by atoms with van der Waals surface area (Å²) >= 11 is 5.17. The van der Waals surface area contributed by atoms with Crippen LogP contribution in [0.1, 0.15) is 18.1 Å². The van der Waals surface area contributed by atoms with Crippen LogP contribution >= 0.6 is 12.2 Å². The molecule has 1 saturated heterocycles. The Hall–Kier alpha value is -1.13. The summed E-state index contributed by atoms with van der Waals surface area (Å²) in [6.07, 6.45) is 0. The summed E-state index contributed by atoms with van der Waals surface area (Å²) in [5.41, 5.74) is 9.23. The van der Waals surface area contributed by atoms with Crippen LogP contribution in [0.2, 0.25) is 0 Å². The van der Waals surface area contributed by atoms with Gasteiger partial charge in [-0.1, -0.05) is 30.8 Å². The van der Waals surface area contributed by atoms with Crippen molar-refractivity contribution in [2.75, 3.05) is 37.6 Å². The van der Waals surface area contributed by atoms with Crippen molar-refractivity contribution in [3.05, 3.63) is 29.3 Å². The lowest BCUT2D eigenvalue weighted by Crippen LogP contribution is -2.46. The highest BCUT2D eigenvalue weighted by Gasteiger charge is 2.18. The van der Waals surface area contributed by atoms with Gasteiger partial charge in [0.05, 0.1) is 0 Å². The normalized spacial score (nSPS) is 16.9. The van der Waals surface area contributed by atoms with Gasteiger partial charge in [-0.15, -0.1) is 0 Å². The molecule has 0 bridgehead atoms. The molecule has 0 aromatic heterocycles. The zero-order chi connectivity index (χ0) is 13.1. The number of piperazine rings is 1. The van der Waals surface area contributed by atoms with Crippen molar-refractivity contribution >= 4 is 22.9 Å². The molecule has 1 aliphatic rings. The molecule has 0 aliphatic carbocycles. The second-order valence-electron chi connectivity index (χ2n) is 4.81. The van der Waals surface area contributed by atoms with E-state index >= 15 is 0 Å². The summed E-state index contributed by atoms with van der Waals surface area (Å²) < 4.78 is 0. The van der Waals surface area contributed by atoms with Gasteiger partial charge in [0.15, 0.2) is 0 Å². The van der Waals surface area contributed by atoms with E-state index in [2.05, 4.69) is 41.8 Å². The van der Waals surface area contributed by atoms with Crippen LogP contribution in [0.5, 0.6) is 0 Å². The molecule has 0 unspecified atom stereocenters. The number of thiocarbonyl (C=S) groups is 1. The monoisotopic (exact) mass is 263 g/mol. The summed E-state index contributed by atoms with van der Waals surface area (Å²) in [5.74, 6) is 0. The molecular formula is C14H21N3S. The van der Waals surface area contributed by atoms with Crippen molar-refractivity contribution in [1.29, 1.82) is 0 Å². The summed E-state index contributed by atoms with van der Waals surface area (Å²) in [5, 5.41) is 0. The molecule has 1 aromatic rings. The number of benzene rings is 1. The Bertz CT molecular complexity index is 437. The Kier molecular flexibility index (Phi) is 4.19. The van der Waals surface area contributed by atoms with Gasteiger partial charge in [-0.25, -0.2) is 0 Å². The molecule has 1 aliphatic heterocycles. The lowest BCUT2D eigenvalue weighted by atomic mass is 10.1. The van der Waals surface area contributed by atoms with Crippen molar-refractivity contribution in [1.82, 2.24) is 4.90 Å². The minimum absolute atomic E-state index is 0.492. The average molecular weight is 263 g/mol. The standard InChI is InChI=1S/C14H21N3S/c1-3-16-6-8-17(9-7-16)13-5-4-11(2)10-12(13)14(15)18/h4-5,10H,3,6-9H2,1-2H3,(H2,15,18). The minimum atomic E-state index is 0.492. The van der Waals surface area contributed by atoms with Crippen molar-refractivity contribution in [2.45, 2.75) is 13.8 Å². The fraction of sp³-hybridized carbons (Fsp3) is 0.500. The van der Waals surface area contributed by atoms with Gasteiger partial charge in [-0.3, -0.25) is 0 Å². The highest BCUT2D eigenvalue weighted by molar-refractivity contribution is 7.80. The Morgan fingerprint density at radius 2 is 1.94 bits per heavy atom. The van der Waals surface area contributed by atoms with Crippen molar-refractivity contribution < 1.29 is 0 Å². The lowest BCUT2D eigenvalue weighted by molar-refractivity contribution is 0.271. The number of hydrogen-bond acceptors (Lipinski definition) is 3. The van der Waals surface area contributed by atoms with E-state index in [0.717, 1.165) is 38.3 Å². The number of hydrogen-bond donors (Lipinski definition) is 1. The minimum Gasteiger partial charge on any atom is -0.389 e. The van der Waals surface area contributed by atoms with Gasteiger partial charge in [0, 0.05) is 37.4 Å². The third kappa shape index (κ3) is 2.82. The van der Waals surface area contributed by atoms with Crippen LogP contribution in [0.3, 0.4) is 0 Å². The van der Waals surface area contributed by atoms with E-state index in [1.165, 1.54) is 11.3 Å². The first-order valence-corrected chi connectivity index (χ1v) is 6.90. The maximum Gasteiger partial charge on any atom is 0.106 e. The highest BCUT2D eigenvalue weighted by atomic mass is 32.1. The molecule has 98 valence electrons. The van der Waals surface area contributed by atoms with E-state index in [0.29, 0.717) is 4.99 Å². The van der Waals surface area contributed by atoms with Gasteiger partial charge >= 0.3 is 0 Å². The number of rotatable bonds is 3. The molecule has 0 radical (unpaired) electrons. The van der Waals surface area contributed by atoms with Crippen LogP contribution in [-0.4, -0.2) is 42.6 Å². The third-order valence-corrected chi connectivity index (χ3v) is 3.80. The second kappa shape index (κ2) is 5.67. The van der Waals surface area contributed by atoms with E-state index in [-0.39, 0.29) is 0 Å². The van der Waals surface area contributed by atoms with E-state index in [1.807, 2.05) is 0 Å². The van der Waals surface area contributed by atoms with Crippen LogP contribution in [0.15, 0.2) is 18.2 Å². The van der Waals surface area contributed by atoms with E-state index in [4.69, 9.17) is 18.0 Å². The summed E-state index contributed by atoms with van der Waals surface area (Å²) in [7, 11) is 0. The van der Waals surface area contributed by atoms with Gasteiger partial charge in [-0.2, -0.15) is 0 Å². The zero-order valence-corrected chi connectivity index (χ0v) is 12.0. The van der Waals surface area contributed by atoms with E-state index in [9.17, 15) is 0 Å². The molecule has 1 fully saturated rings. The fourth-order valence-electron chi connectivity index (χ4n) is 2.43. The molecule has 2 rings (SSSR count). The average Bonchev–Trinajstić information content (AvgIpc) is 2.39. The molecule has 0 spiro atoms. The third-order valence-electron chi connectivity index (χ3n) is 3.58. The number of nitrogens with two attached hydrogens (primary N) is 1. The Labute approximate surface area is 115 Å². The SMILES string of the molecule is CCN1CCN(c2ccc(C)cc2C(N)=S)CC1. The Morgan fingerprint density at radius 1 is 1.28 bits per heavy atom. The lowest BCUT2D eigenvalue weighted by Gasteiger charge is -2.36. The zero-order valence-electron chi connectivity index (χ0n) is 11.1. The first kappa shape index (κ1) is 13.3. The molecule has 18 heavy (non-hydrogen) atoms. The van der Waals surface area contributed by atoms with Gasteiger partial charge in [-0.05, 0) is 25.6 Å².